The van der Waals surface area contributed by atoms with Crippen LogP contribution in [0.3, 0.4) is 0 Å². The molecule has 7 nitrogen and oxygen atoms in total. The Morgan fingerprint density at radius 2 is 2.29 bits per heavy atom. The van der Waals surface area contributed by atoms with Crippen molar-refractivity contribution in [3.8, 4) is 5.75 Å². The summed E-state index contributed by atoms with van der Waals surface area (Å²) >= 11 is 0. The topological polar surface area (TPSA) is 107 Å². The highest BCUT2D eigenvalue weighted by Gasteiger charge is 2.27. The zero-order valence-corrected chi connectivity index (χ0v) is 11.3. The van der Waals surface area contributed by atoms with E-state index in [9.17, 15) is 19.3 Å². The maximum Gasteiger partial charge on any atom is 0.305 e. The van der Waals surface area contributed by atoms with Gasteiger partial charge in [0.05, 0.1) is 17.6 Å². The molecule has 0 aliphatic heterocycles. The lowest BCUT2D eigenvalue weighted by Crippen LogP contribution is -2.43. The number of ether oxygens (including phenoxy) is 1. The third kappa shape index (κ3) is 4.38. The van der Waals surface area contributed by atoms with Gasteiger partial charge in [0.25, 0.3) is 0 Å². The minimum Gasteiger partial charge on any atom is -0.493 e. The van der Waals surface area contributed by atoms with Gasteiger partial charge in [-0.2, -0.15) is 4.39 Å². The average Bonchev–Trinajstić information content (AvgIpc) is 3.21. The number of halogens is 1. The molecule has 0 radical (unpaired) electrons. The molecule has 0 spiro atoms. The number of carbonyl (C=O) groups excluding carboxylic acids is 1. The van der Waals surface area contributed by atoms with E-state index in [1.54, 1.807) is 0 Å². The molecule has 3 N–H and O–H groups in total. The van der Waals surface area contributed by atoms with Crippen LogP contribution in [0.15, 0.2) is 18.2 Å². The van der Waals surface area contributed by atoms with Crippen LogP contribution in [0, 0.1) is 15.9 Å². The summed E-state index contributed by atoms with van der Waals surface area (Å²) in [6.45, 7) is 0.157. The molecule has 0 bridgehead atoms. The molecular formula is C13H16FN3O4. The Bertz CT molecular complexity index is 548. The first-order chi connectivity index (χ1) is 9.97. The molecule has 1 atom stereocenters. The second-order valence-electron chi connectivity index (χ2n) is 4.90. The van der Waals surface area contributed by atoms with Gasteiger partial charge >= 0.3 is 5.69 Å². The molecule has 8 heteroatoms. The Morgan fingerprint density at radius 3 is 2.81 bits per heavy atom. The van der Waals surface area contributed by atoms with Crippen molar-refractivity contribution in [3.63, 3.8) is 0 Å². The number of primary amides is 1. The molecular weight excluding hydrogens is 281 g/mol. The van der Waals surface area contributed by atoms with E-state index >= 15 is 0 Å². The lowest BCUT2D eigenvalue weighted by molar-refractivity contribution is -0.387. The smallest absolute Gasteiger partial charge is 0.305 e. The van der Waals surface area contributed by atoms with Crippen molar-refractivity contribution in [2.75, 3.05) is 6.61 Å². The summed E-state index contributed by atoms with van der Waals surface area (Å²) < 4.78 is 18.7. The minimum atomic E-state index is -0.958. The quantitative estimate of drug-likeness (QED) is 0.552. The fourth-order valence-electron chi connectivity index (χ4n) is 1.86. The highest BCUT2D eigenvalue weighted by Crippen LogP contribution is 2.23. The molecule has 1 aromatic rings. The van der Waals surface area contributed by atoms with Crippen LogP contribution in [0.25, 0.3) is 0 Å². The first kappa shape index (κ1) is 15.2. The van der Waals surface area contributed by atoms with Crippen LogP contribution in [0.5, 0.6) is 5.75 Å². The monoisotopic (exact) mass is 297 g/mol. The third-order valence-corrected chi connectivity index (χ3v) is 3.15. The molecule has 2 rings (SSSR count). The Balaban J connectivity index is 1.85. The number of nitrogens with two attached hydrogens (primary N) is 1. The molecule has 1 amide bonds. The number of benzene rings is 1. The van der Waals surface area contributed by atoms with Gasteiger partial charge in [-0.05, 0) is 18.9 Å². The second kappa shape index (κ2) is 6.49. The first-order valence-corrected chi connectivity index (χ1v) is 6.59. The van der Waals surface area contributed by atoms with Crippen LogP contribution in [0.1, 0.15) is 19.3 Å². The van der Waals surface area contributed by atoms with Crippen molar-refractivity contribution < 1.29 is 18.8 Å². The van der Waals surface area contributed by atoms with E-state index in [0.29, 0.717) is 12.5 Å². The van der Waals surface area contributed by atoms with Crippen LogP contribution in [0.2, 0.25) is 0 Å². The SMILES string of the molecule is NC(=O)C(CCOc1ccc([N+](=O)[O-])c(F)c1)NC1CC1. The van der Waals surface area contributed by atoms with Gasteiger partial charge in [-0.15, -0.1) is 0 Å². The largest absolute Gasteiger partial charge is 0.493 e. The van der Waals surface area contributed by atoms with E-state index in [0.717, 1.165) is 25.0 Å². The summed E-state index contributed by atoms with van der Waals surface area (Å²) in [6.07, 6.45) is 2.40. The predicted molar refractivity (Wildman–Crippen MR) is 72.3 cm³/mol. The average molecular weight is 297 g/mol. The van der Waals surface area contributed by atoms with Crippen LogP contribution >= 0.6 is 0 Å². The number of amides is 1. The van der Waals surface area contributed by atoms with Gasteiger partial charge in [0.2, 0.25) is 11.7 Å². The Hall–Kier alpha value is -2.22. The highest BCUT2D eigenvalue weighted by atomic mass is 19.1. The van der Waals surface area contributed by atoms with E-state index in [1.807, 2.05) is 0 Å². The van der Waals surface area contributed by atoms with Crippen LogP contribution in [-0.2, 0) is 4.79 Å². The summed E-state index contributed by atoms with van der Waals surface area (Å²) in [5, 5.41) is 13.6. The van der Waals surface area contributed by atoms with Crippen molar-refractivity contribution in [1.29, 1.82) is 0 Å². The molecule has 1 fully saturated rings. The van der Waals surface area contributed by atoms with Crippen molar-refractivity contribution in [1.82, 2.24) is 5.32 Å². The van der Waals surface area contributed by atoms with Gasteiger partial charge in [0.1, 0.15) is 5.75 Å². The molecule has 0 heterocycles. The third-order valence-electron chi connectivity index (χ3n) is 3.15. The maximum absolute atomic E-state index is 13.4. The van der Waals surface area contributed by atoms with Gasteiger partial charge in [0, 0.05) is 24.6 Å². The molecule has 1 unspecified atom stereocenters. The molecule has 114 valence electrons. The van der Waals surface area contributed by atoms with Gasteiger partial charge < -0.3 is 15.8 Å². The number of nitro benzene ring substituents is 1. The second-order valence-corrected chi connectivity index (χ2v) is 4.90. The van der Waals surface area contributed by atoms with Crippen molar-refractivity contribution >= 4 is 11.6 Å². The summed E-state index contributed by atoms with van der Waals surface area (Å²) in [7, 11) is 0. The van der Waals surface area contributed by atoms with Crippen LogP contribution < -0.4 is 15.8 Å². The van der Waals surface area contributed by atoms with Gasteiger partial charge in [-0.3, -0.25) is 14.9 Å². The molecule has 1 aromatic carbocycles. The molecule has 0 aromatic heterocycles. The number of nitro groups is 1. The highest BCUT2D eigenvalue weighted by molar-refractivity contribution is 5.79. The van der Waals surface area contributed by atoms with E-state index < -0.39 is 28.4 Å². The zero-order valence-electron chi connectivity index (χ0n) is 11.3. The molecule has 1 saturated carbocycles. The predicted octanol–water partition coefficient (Wildman–Crippen LogP) is 1.11. The van der Waals surface area contributed by atoms with E-state index in [-0.39, 0.29) is 12.4 Å². The van der Waals surface area contributed by atoms with Crippen molar-refractivity contribution in [3.05, 3.63) is 34.1 Å². The number of rotatable bonds is 8. The summed E-state index contributed by atoms with van der Waals surface area (Å²) in [5.74, 6) is -1.24. The maximum atomic E-state index is 13.4. The van der Waals surface area contributed by atoms with Crippen molar-refractivity contribution in [2.24, 2.45) is 5.73 Å². The van der Waals surface area contributed by atoms with Crippen molar-refractivity contribution in [2.45, 2.75) is 31.3 Å². The summed E-state index contributed by atoms with van der Waals surface area (Å²) in [6, 6.07) is 3.15. The number of nitrogens with zero attached hydrogens (tertiary/aromatic N) is 1. The fraction of sp³-hybridized carbons (Fsp3) is 0.462. The normalized spacial score (nSPS) is 15.5. The molecule has 1 aliphatic rings. The van der Waals surface area contributed by atoms with Gasteiger partial charge in [-0.25, -0.2) is 0 Å². The number of carbonyl (C=O) groups is 1. The van der Waals surface area contributed by atoms with E-state index in [4.69, 9.17) is 10.5 Å². The zero-order chi connectivity index (χ0) is 15.4. The lowest BCUT2D eigenvalue weighted by atomic mass is 10.2. The standard InChI is InChI=1S/C13H16FN3O4/c14-10-7-9(3-4-12(10)17(19)20)21-6-5-11(13(15)18)16-8-1-2-8/h3-4,7-8,11,16H,1-2,5-6H2,(H2,15,18). The van der Waals surface area contributed by atoms with Gasteiger partial charge in [0.15, 0.2) is 0 Å². The van der Waals surface area contributed by atoms with E-state index in [2.05, 4.69) is 5.32 Å². The number of hydrogen-bond donors (Lipinski definition) is 2. The molecule has 0 saturated heterocycles. The summed E-state index contributed by atoms with van der Waals surface area (Å²) in [5.41, 5.74) is 4.67. The number of hydrogen-bond acceptors (Lipinski definition) is 5. The Labute approximate surface area is 120 Å². The first-order valence-electron chi connectivity index (χ1n) is 6.59. The Kier molecular flexibility index (Phi) is 4.69. The van der Waals surface area contributed by atoms with Gasteiger partial charge in [-0.1, -0.05) is 0 Å². The van der Waals surface area contributed by atoms with Crippen LogP contribution in [-0.4, -0.2) is 29.5 Å². The Morgan fingerprint density at radius 1 is 1.57 bits per heavy atom. The number of nitrogens with one attached hydrogen (secondary N) is 1. The minimum absolute atomic E-state index is 0.157. The van der Waals surface area contributed by atoms with E-state index in [1.165, 1.54) is 6.07 Å². The molecule has 21 heavy (non-hydrogen) atoms. The van der Waals surface area contributed by atoms with Crippen LogP contribution in [0.4, 0.5) is 10.1 Å². The molecule has 1 aliphatic carbocycles. The summed E-state index contributed by atoms with van der Waals surface area (Å²) in [4.78, 5) is 20.9. The lowest BCUT2D eigenvalue weighted by Gasteiger charge is -2.15. The fourth-order valence-corrected chi connectivity index (χ4v) is 1.86.